The molecule has 10 nitrogen and oxygen atoms in total. The number of carbonyl (C=O) groups is 1. The molecule has 0 saturated carbocycles. The largest absolute Gasteiger partial charge is 0.433 e. The summed E-state index contributed by atoms with van der Waals surface area (Å²) in [4.78, 5) is 17.3. The Balaban J connectivity index is 1.87. The molecule has 1 aromatic heterocycles. The molecule has 0 aliphatic carbocycles. The van der Waals surface area contributed by atoms with Crippen LogP contribution in [0.25, 0.3) is 5.69 Å². The van der Waals surface area contributed by atoms with Gasteiger partial charge < -0.3 is 20.3 Å². The summed E-state index contributed by atoms with van der Waals surface area (Å²) in [6.07, 6.45) is -9.28. The molecule has 0 unspecified atom stereocenters. The highest BCUT2D eigenvalue weighted by molar-refractivity contribution is 6.30. The standard InChI is InChI=1S/C23H22ClF5N6O4/c1-12(36)20-32-18(33-35(20)15-4-2-3-5-16(15)39-21(25)26)10-31-22(38)34(11-17(37)23(27,28)29)19(30)13-6-8-14(24)9-7-13/h2-9,12,17,21,30,36-37H,10-11H2,1H3,(H,31,38)/t12-,17+/m1/s1. The Morgan fingerprint density at radius 3 is 2.41 bits per heavy atom. The van der Waals surface area contributed by atoms with E-state index in [0.717, 1.165) is 4.68 Å². The first-order chi connectivity index (χ1) is 18.3. The summed E-state index contributed by atoms with van der Waals surface area (Å²) in [6.45, 7) is -3.63. The third kappa shape index (κ3) is 7.61. The summed E-state index contributed by atoms with van der Waals surface area (Å²) >= 11 is 5.81. The van der Waals surface area contributed by atoms with E-state index in [2.05, 4.69) is 20.1 Å². The summed E-state index contributed by atoms with van der Waals surface area (Å²) in [5.41, 5.74) is 0.0385. The Kier molecular flexibility index (Phi) is 9.42. The summed E-state index contributed by atoms with van der Waals surface area (Å²) in [5, 5.41) is 34.6. The normalized spacial score (nSPS) is 13.2. The van der Waals surface area contributed by atoms with E-state index in [9.17, 15) is 37.0 Å². The van der Waals surface area contributed by atoms with Crippen LogP contribution in [0.2, 0.25) is 5.02 Å². The maximum atomic E-state index is 13.0. The number of hydrogen-bond acceptors (Lipinski definition) is 7. The van der Waals surface area contributed by atoms with Crippen LogP contribution in [0.1, 0.15) is 30.2 Å². The van der Waals surface area contributed by atoms with Gasteiger partial charge in [-0.3, -0.25) is 10.3 Å². The van der Waals surface area contributed by atoms with Crippen LogP contribution in [0.4, 0.5) is 26.7 Å². The number of amidine groups is 1. The van der Waals surface area contributed by atoms with Crippen LogP contribution in [-0.2, 0) is 6.54 Å². The molecule has 0 radical (unpaired) electrons. The topological polar surface area (TPSA) is 137 Å². The molecule has 0 spiro atoms. The summed E-state index contributed by atoms with van der Waals surface area (Å²) in [7, 11) is 0. The van der Waals surface area contributed by atoms with Crippen molar-refractivity contribution in [3.8, 4) is 11.4 Å². The first-order valence-corrected chi connectivity index (χ1v) is 11.5. The van der Waals surface area contributed by atoms with Crippen LogP contribution in [0.3, 0.4) is 0 Å². The van der Waals surface area contributed by atoms with Gasteiger partial charge in [0.15, 0.2) is 23.5 Å². The number of rotatable bonds is 9. The third-order valence-electron chi connectivity index (χ3n) is 5.12. The maximum Gasteiger partial charge on any atom is 0.416 e. The molecule has 0 aliphatic rings. The van der Waals surface area contributed by atoms with Crippen LogP contribution in [0.15, 0.2) is 48.5 Å². The van der Waals surface area contributed by atoms with E-state index in [0.29, 0.717) is 4.90 Å². The number of para-hydroxylation sites is 2. The molecule has 0 aliphatic heterocycles. The minimum Gasteiger partial charge on any atom is -0.433 e. The summed E-state index contributed by atoms with van der Waals surface area (Å²) in [5.74, 6) is -1.20. The van der Waals surface area contributed by atoms with Crippen LogP contribution in [0, 0.1) is 5.41 Å². The number of halogens is 6. The van der Waals surface area contributed by atoms with Gasteiger partial charge in [-0.1, -0.05) is 23.7 Å². The Hall–Kier alpha value is -3.82. The fraction of sp³-hybridized carbons (Fsp3) is 0.304. The molecule has 3 rings (SSSR count). The molecule has 0 saturated heterocycles. The number of ether oxygens (including phenoxy) is 1. The number of hydrogen-bond donors (Lipinski definition) is 4. The third-order valence-corrected chi connectivity index (χ3v) is 5.37. The number of urea groups is 1. The van der Waals surface area contributed by atoms with Crippen molar-refractivity contribution in [3.05, 3.63) is 70.8 Å². The van der Waals surface area contributed by atoms with Crippen molar-refractivity contribution in [2.75, 3.05) is 6.54 Å². The van der Waals surface area contributed by atoms with Gasteiger partial charge in [0.1, 0.15) is 17.6 Å². The number of nitrogens with zero attached hydrogens (tertiary/aromatic N) is 4. The van der Waals surface area contributed by atoms with E-state index in [1.54, 1.807) is 0 Å². The second-order valence-corrected chi connectivity index (χ2v) is 8.44. The van der Waals surface area contributed by atoms with Crippen molar-refractivity contribution in [1.29, 1.82) is 5.41 Å². The zero-order chi connectivity index (χ0) is 28.9. The van der Waals surface area contributed by atoms with Gasteiger partial charge in [0.05, 0.1) is 13.1 Å². The quantitative estimate of drug-likeness (QED) is 0.172. The van der Waals surface area contributed by atoms with Gasteiger partial charge in [-0.05, 0) is 43.3 Å². The van der Waals surface area contributed by atoms with Crippen molar-refractivity contribution in [2.45, 2.75) is 38.5 Å². The maximum absolute atomic E-state index is 13.0. The summed E-state index contributed by atoms with van der Waals surface area (Å²) in [6, 6.07) is 9.68. The van der Waals surface area contributed by atoms with Crippen LogP contribution < -0.4 is 10.1 Å². The molecule has 3 aromatic rings. The molecule has 2 amide bonds. The monoisotopic (exact) mass is 576 g/mol. The number of aromatic nitrogens is 3. The molecular formula is C23H22ClF5N6O4. The number of alkyl halides is 5. The highest BCUT2D eigenvalue weighted by Gasteiger charge is 2.41. The van der Waals surface area contributed by atoms with E-state index < -0.39 is 50.0 Å². The molecule has 16 heteroatoms. The highest BCUT2D eigenvalue weighted by Crippen LogP contribution is 2.27. The second kappa shape index (κ2) is 12.4. The fourth-order valence-corrected chi connectivity index (χ4v) is 3.41. The predicted octanol–water partition coefficient (Wildman–Crippen LogP) is 4.04. The minimum absolute atomic E-state index is 0.00165. The van der Waals surface area contributed by atoms with Gasteiger partial charge in [-0.15, -0.1) is 5.10 Å². The lowest BCUT2D eigenvalue weighted by atomic mass is 10.2. The Bertz CT molecular complexity index is 1300. The minimum atomic E-state index is -5.07. The number of benzene rings is 2. The molecule has 0 fully saturated rings. The van der Waals surface area contributed by atoms with E-state index in [-0.39, 0.29) is 33.7 Å². The predicted molar refractivity (Wildman–Crippen MR) is 128 cm³/mol. The SMILES string of the molecule is C[C@@H](O)c1nc(CNC(=O)N(C[C@H](O)C(F)(F)F)C(=N)c2ccc(Cl)cc2)nn1-c1ccccc1OC(F)F. The van der Waals surface area contributed by atoms with Gasteiger partial charge >= 0.3 is 18.8 Å². The highest BCUT2D eigenvalue weighted by atomic mass is 35.5. The molecular weight excluding hydrogens is 555 g/mol. The molecule has 210 valence electrons. The Labute approximate surface area is 223 Å². The lowest BCUT2D eigenvalue weighted by molar-refractivity contribution is -0.204. The van der Waals surface area contributed by atoms with E-state index >= 15 is 0 Å². The molecule has 39 heavy (non-hydrogen) atoms. The smallest absolute Gasteiger partial charge is 0.416 e. The van der Waals surface area contributed by atoms with Gasteiger partial charge in [-0.25, -0.2) is 14.5 Å². The molecule has 4 N–H and O–H groups in total. The average Bonchev–Trinajstić information content (AvgIpc) is 3.29. The van der Waals surface area contributed by atoms with E-state index in [4.69, 9.17) is 17.0 Å². The zero-order valence-corrected chi connectivity index (χ0v) is 20.8. The van der Waals surface area contributed by atoms with Gasteiger partial charge in [0, 0.05) is 10.6 Å². The van der Waals surface area contributed by atoms with Crippen LogP contribution in [0.5, 0.6) is 5.75 Å². The van der Waals surface area contributed by atoms with Crippen molar-refractivity contribution >= 4 is 23.5 Å². The number of aliphatic hydroxyl groups is 2. The number of aliphatic hydroxyl groups excluding tert-OH is 2. The van der Waals surface area contributed by atoms with Crippen molar-refractivity contribution in [3.63, 3.8) is 0 Å². The molecule has 2 atom stereocenters. The lowest BCUT2D eigenvalue weighted by Gasteiger charge is -2.26. The number of amides is 2. The van der Waals surface area contributed by atoms with E-state index in [1.165, 1.54) is 55.5 Å². The van der Waals surface area contributed by atoms with Crippen molar-refractivity contribution < 1.29 is 41.7 Å². The van der Waals surface area contributed by atoms with Crippen LogP contribution in [-0.4, -0.2) is 67.2 Å². The fourth-order valence-electron chi connectivity index (χ4n) is 3.28. The zero-order valence-electron chi connectivity index (χ0n) is 20.0. The number of nitrogens with one attached hydrogen (secondary N) is 2. The molecule has 2 aromatic carbocycles. The van der Waals surface area contributed by atoms with Gasteiger partial charge in [0.25, 0.3) is 0 Å². The Morgan fingerprint density at radius 2 is 1.82 bits per heavy atom. The number of carbonyl (C=O) groups excluding carboxylic acids is 1. The first-order valence-electron chi connectivity index (χ1n) is 11.1. The molecule has 1 heterocycles. The van der Waals surface area contributed by atoms with Crippen molar-refractivity contribution in [2.24, 2.45) is 0 Å². The van der Waals surface area contributed by atoms with Gasteiger partial charge in [0.2, 0.25) is 0 Å². The van der Waals surface area contributed by atoms with Gasteiger partial charge in [-0.2, -0.15) is 22.0 Å². The summed E-state index contributed by atoms with van der Waals surface area (Å²) < 4.78 is 70.3. The average molecular weight is 577 g/mol. The second-order valence-electron chi connectivity index (χ2n) is 8.00. The Morgan fingerprint density at radius 1 is 1.18 bits per heavy atom. The molecule has 0 bridgehead atoms. The van der Waals surface area contributed by atoms with Crippen LogP contribution >= 0.6 is 11.6 Å². The lowest BCUT2D eigenvalue weighted by Crippen LogP contribution is -2.50. The first kappa shape index (κ1) is 29.7. The van der Waals surface area contributed by atoms with Crippen molar-refractivity contribution in [1.82, 2.24) is 25.0 Å². The van der Waals surface area contributed by atoms with E-state index in [1.807, 2.05) is 0 Å².